The van der Waals surface area contributed by atoms with Crippen molar-refractivity contribution in [2.75, 3.05) is 19.8 Å². The molecule has 0 saturated carbocycles. The number of fused-ring (bicyclic) bond motifs is 1. The molecule has 2 heterocycles. The van der Waals surface area contributed by atoms with Gasteiger partial charge in [-0.3, -0.25) is 4.79 Å². The number of imidazole rings is 1. The zero-order chi connectivity index (χ0) is 29.5. The number of halogens is 3. The number of amides is 2. The topological polar surface area (TPSA) is 141 Å². The van der Waals surface area contributed by atoms with Gasteiger partial charge in [-0.1, -0.05) is 51.4 Å². The SMILES string of the molecule is NC(=O)OCCCCCCCCCCCCNC(=O)COc1ccc(-c2nc3cc(OC(F)(F)F)ccc3[nH]2)nc1. The van der Waals surface area contributed by atoms with E-state index in [1.807, 2.05) is 0 Å². The molecular formula is C28H36F3N5O5. The zero-order valence-corrected chi connectivity index (χ0v) is 22.8. The number of hydrogen-bond donors (Lipinski definition) is 3. The lowest BCUT2D eigenvalue weighted by atomic mass is 10.1. The van der Waals surface area contributed by atoms with Crippen molar-refractivity contribution in [3.63, 3.8) is 0 Å². The van der Waals surface area contributed by atoms with Gasteiger partial charge in [0.25, 0.3) is 5.91 Å². The standard InChI is InChI=1S/C28H36F3N5O5/c29-28(30,31)41-20-11-13-22-24(17-20)36-26(35-22)23-14-12-21(18-34-23)40-19-25(37)33-15-9-7-5-3-1-2-4-6-8-10-16-39-27(32)38/h11-14,17-18H,1-10,15-16,19H2,(H2,32,38)(H,33,37)(H,35,36). The number of H-pyrrole nitrogens is 1. The molecule has 0 bridgehead atoms. The summed E-state index contributed by atoms with van der Waals surface area (Å²) in [6.45, 7) is 0.852. The minimum absolute atomic E-state index is 0.137. The van der Waals surface area contributed by atoms with Crippen LogP contribution in [0.15, 0.2) is 36.5 Å². The largest absolute Gasteiger partial charge is 0.573 e. The molecule has 2 amide bonds. The summed E-state index contributed by atoms with van der Waals surface area (Å²) in [5, 5.41) is 2.85. The first-order chi connectivity index (χ1) is 19.7. The van der Waals surface area contributed by atoms with Crippen molar-refractivity contribution in [2.45, 2.75) is 70.6 Å². The number of nitrogens with one attached hydrogen (secondary N) is 2. The Balaban J connectivity index is 1.24. The highest BCUT2D eigenvalue weighted by Crippen LogP contribution is 2.27. The molecular weight excluding hydrogens is 543 g/mol. The van der Waals surface area contributed by atoms with Gasteiger partial charge in [-0.15, -0.1) is 13.2 Å². The van der Waals surface area contributed by atoms with Gasteiger partial charge in [0.1, 0.15) is 17.2 Å². The summed E-state index contributed by atoms with van der Waals surface area (Å²) < 4.78 is 51.5. The maximum absolute atomic E-state index is 12.5. The van der Waals surface area contributed by atoms with Crippen molar-refractivity contribution in [3.8, 4) is 23.0 Å². The number of ether oxygens (including phenoxy) is 3. The van der Waals surface area contributed by atoms with E-state index in [9.17, 15) is 22.8 Å². The van der Waals surface area contributed by atoms with Gasteiger partial charge in [0.2, 0.25) is 0 Å². The fourth-order valence-electron chi connectivity index (χ4n) is 4.15. The first-order valence-electron chi connectivity index (χ1n) is 13.7. The minimum atomic E-state index is -4.78. The van der Waals surface area contributed by atoms with E-state index in [4.69, 9.17) is 15.2 Å². The second-order valence-electron chi connectivity index (χ2n) is 9.53. The summed E-state index contributed by atoms with van der Waals surface area (Å²) in [6, 6.07) is 7.12. The monoisotopic (exact) mass is 579 g/mol. The Bertz CT molecular complexity index is 1230. The molecule has 2 aromatic heterocycles. The molecule has 0 atom stereocenters. The summed E-state index contributed by atoms with van der Waals surface area (Å²) in [7, 11) is 0. The molecule has 0 spiro atoms. The summed E-state index contributed by atoms with van der Waals surface area (Å²) in [6.07, 6.45) is 6.80. The number of hydrogen-bond acceptors (Lipinski definition) is 7. The van der Waals surface area contributed by atoms with Crippen molar-refractivity contribution < 1.29 is 37.0 Å². The van der Waals surface area contributed by atoms with Crippen LogP contribution in [0.3, 0.4) is 0 Å². The quantitative estimate of drug-likeness (QED) is 0.157. The van der Waals surface area contributed by atoms with Gasteiger partial charge in [-0.2, -0.15) is 0 Å². The van der Waals surface area contributed by atoms with Crippen molar-refractivity contribution in [1.29, 1.82) is 0 Å². The third-order valence-corrected chi connectivity index (χ3v) is 6.17. The smallest absolute Gasteiger partial charge is 0.482 e. The number of unbranched alkanes of at least 4 members (excludes halogenated alkanes) is 9. The number of primary amides is 1. The molecule has 1 aromatic carbocycles. The van der Waals surface area contributed by atoms with E-state index >= 15 is 0 Å². The minimum Gasteiger partial charge on any atom is -0.482 e. The molecule has 0 aliphatic heterocycles. The fraction of sp³-hybridized carbons (Fsp3) is 0.500. The summed E-state index contributed by atoms with van der Waals surface area (Å²) in [5.41, 5.74) is 6.21. The number of rotatable bonds is 18. The number of nitrogens with zero attached hydrogens (tertiary/aromatic N) is 2. The summed E-state index contributed by atoms with van der Waals surface area (Å²) >= 11 is 0. The molecule has 0 fully saturated rings. The number of carbonyl (C=O) groups excluding carboxylic acids is 2. The number of pyridine rings is 1. The molecule has 0 aliphatic carbocycles. The van der Waals surface area contributed by atoms with E-state index in [2.05, 4.69) is 25.0 Å². The van der Waals surface area contributed by atoms with E-state index < -0.39 is 12.5 Å². The average Bonchev–Trinajstić information content (AvgIpc) is 3.35. The van der Waals surface area contributed by atoms with Gasteiger partial charge in [-0.05, 0) is 37.1 Å². The second-order valence-corrected chi connectivity index (χ2v) is 9.53. The lowest BCUT2D eigenvalue weighted by molar-refractivity contribution is -0.274. The van der Waals surface area contributed by atoms with Crippen LogP contribution in [0.4, 0.5) is 18.0 Å². The molecule has 10 nitrogen and oxygen atoms in total. The molecule has 0 saturated heterocycles. The van der Waals surface area contributed by atoms with Gasteiger partial charge in [0.15, 0.2) is 12.4 Å². The highest BCUT2D eigenvalue weighted by atomic mass is 19.4. The van der Waals surface area contributed by atoms with E-state index in [1.165, 1.54) is 50.1 Å². The van der Waals surface area contributed by atoms with Crippen LogP contribution in [0.5, 0.6) is 11.5 Å². The third-order valence-electron chi connectivity index (χ3n) is 6.17. The molecule has 3 aromatic rings. The van der Waals surface area contributed by atoms with Crippen LogP contribution >= 0.6 is 0 Å². The Morgan fingerprint density at radius 3 is 2.20 bits per heavy atom. The van der Waals surface area contributed by atoms with E-state index in [0.717, 1.165) is 38.5 Å². The van der Waals surface area contributed by atoms with Crippen molar-refractivity contribution in [2.24, 2.45) is 5.73 Å². The first-order valence-corrected chi connectivity index (χ1v) is 13.7. The molecule has 0 radical (unpaired) electrons. The van der Waals surface area contributed by atoms with Crippen LogP contribution in [0.2, 0.25) is 0 Å². The Kier molecular flexibility index (Phi) is 12.5. The second kappa shape index (κ2) is 16.3. The number of benzene rings is 1. The van der Waals surface area contributed by atoms with Gasteiger partial charge in [0, 0.05) is 12.6 Å². The molecule has 41 heavy (non-hydrogen) atoms. The van der Waals surface area contributed by atoms with Crippen LogP contribution in [-0.2, 0) is 9.53 Å². The predicted octanol–water partition coefficient (Wildman–Crippen LogP) is 6.01. The third kappa shape index (κ3) is 12.4. The number of nitrogens with two attached hydrogens (primary N) is 1. The van der Waals surface area contributed by atoms with Gasteiger partial charge < -0.3 is 30.2 Å². The Labute approximate surface area is 236 Å². The highest BCUT2D eigenvalue weighted by Gasteiger charge is 2.31. The molecule has 0 aliphatic rings. The van der Waals surface area contributed by atoms with E-state index in [-0.39, 0.29) is 18.3 Å². The van der Waals surface area contributed by atoms with Crippen LogP contribution in [-0.4, -0.2) is 53.1 Å². The molecule has 0 unspecified atom stereocenters. The highest BCUT2D eigenvalue weighted by molar-refractivity contribution is 5.80. The predicted molar refractivity (Wildman–Crippen MR) is 146 cm³/mol. The molecule has 224 valence electrons. The van der Waals surface area contributed by atoms with E-state index in [1.54, 1.807) is 12.1 Å². The Hall–Kier alpha value is -4.03. The molecule has 4 N–H and O–H groups in total. The van der Waals surface area contributed by atoms with Gasteiger partial charge in [-0.25, -0.2) is 14.8 Å². The Morgan fingerprint density at radius 2 is 1.56 bits per heavy atom. The number of aromatic nitrogens is 3. The fourth-order valence-corrected chi connectivity index (χ4v) is 4.15. The van der Waals surface area contributed by atoms with Crippen LogP contribution in [0.25, 0.3) is 22.6 Å². The maximum atomic E-state index is 12.5. The summed E-state index contributed by atoms with van der Waals surface area (Å²) in [5.74, 6) is 0.200. The summed E-state index contributed by atoms with van der Waals surface area (Å²) in [4.78, 5) is 34.1. The molecule has 13 heteroatoms. The van der Waals surface area contributed by atoms with Crippen LogP contribution in [0, 0.1) is 0 Å². The van der Waals surface area contributed by atoms with Crippen molar-refractivity contribution >= 4 is 23.0 Å². The van der Waals surface area contributed by atoms with Gasteiger partial charge >= 0.3 is 12.5 Å². The lowest BCUT2D eigenvalue weighted by Crippen LogP contribution is -2.29. The number of alkyl halides is 3. The average molecular weight is 580 g/mol. The zero-order valence-electron chi connectivity index (χ0n) is 22.8. The van der Waals surface area contributed by atoms with Crippen LogP contribution < -0.4 is 20.5 Å². The van der Waals surface area contributed by atoms with Crippen molar-refractivity contribution in [1.82, 2.24) is 20.3 Å². The van der Waals surface area contributed by atoms with E-state index in [0.29, 0.717) is 41.5 Å². The lowest BCUT2D eigenvalue weighted by Gasteiger charge is -2.08. The molecule has 3 rings (SSSR count). The van der Waals surface area contributed by atoms with Gasteiger partial charge in [0.05, 0.1) is 23.8 Å². The maximum Gasteiger partial charge on any atom is 0.573 e. The number of aromatic amines is 1. The Morgan fingerprint density at radius 1 is 0.902 bits per heavy atom. The normalized spacial score (nSPS) is 11.4. The number of carbonyl (C=O) groups is 2. The first kappa shape index (κ1) is 31.5. The van der Waals surface area contributed by atoms with Crippen molar-refractivity contribution in [3.05, 3.63) is 36.5 Å². The van der Waals surface area contributed by atoms with Crippen LogP contribution in [0.1, 0.15) is 64.2 Å².